The smallest absolute Gasteiger partial charge is 0.192 e. The Morgan fingerprint density at radius 2 is 1.67 bits per heavy atom. The lowest BCUT2D eigenvalue weighted by Gasteiger charge is -2.40. The zero-order chi connectivity index (χ0) is 16.4. The third kappa shape index (κ3) is 4.46. The lowest BCUT2D eigenvalue weighted by atomic mass is 10.0. The first kappa shape index (κ1) is 19.0. The average molecular weight is 349 g/mol. The van der Waals surface area contributed by atoms with Crippen molar-refractivity contribution in [3.05, 3.63) is 33.8 Å². The molecular formula is C16H26Cl2O2Si. The van der Waals surface area contributed by atoms with Crippen molar-refractivity contribution >= 4 is 31.5 Å². The van der Waals surface area contributed by atoms with E-state index in [1.54, 1.807) is 18.2 Å². The predicted molar refractivity (Wildman–Crippen MR) is 93.8 cm³/mol. The van der Waals surface area contributed by atoms with Gasteiger partial charge in [-0.1, -0.05) is 57.0 Å². The van der Waals surface area contributed by atoms with Gasteiger partial charge in [0.05, 0.1) is 6.10 Å². The summed E-state index contributed by atoms with van der Waals surface area (Å²) in [4.78, 5) is 0. The second-order valence-corrected chi connectivity index (χ2v) is 12.5. The van der Waals surface area contributed by atoms with E-state index in [1.165, 1.54) is 0 Å². The van der Waals surface area contributed by atoms with Gasteiger partial charge in [0.25, 0.3) is 0 Å². The van der Waals surface area contributed by atoms with Crippen LogP contribution in [0.15, 0.2) is 18.2 Å². The first-order valence-electron chi connectivity index (χ1n) is 7.31. The molecule has 0 saturated heterocycles. The van der Waals surface area contributed by atoms with E-state index in [-0.39, 0.29) is 11.1 Å². The number of rotatable bonds is 5. The molecule has 0 saturated carbocycles. The van der Waals surface area contributed by atoms with Crippen molar-refractivity contribution in [2.75, 3.05) is 0 Å². The molecule has 0 aliphatic rings. The lowest BCUT2D eigenvalue weighted by molar-refractivity contribution is 0.0245. The van der Waals surface area contributed by atoms with Crippen LogP contribution in [0, 0.1) is 0 Å². The fourth-order valence-electron chi connectivity index (χ4n) is 1.91. The summed E-state index contributed by atoms with van der Waals surface area (Å²) in [5.41, 5.74) is 0.561. The number of hydrogen-bond acceptors (Lipinski definition) is 2. The van der Waals surface area contributed by atoms with E-state index in [0.29, 0.717) is 22.0 Å². The van der Waals surface area contributed by atoms with E-state index >= 15 is 0 Å². The predicted octanol–water partition coefficient (Wildman–Crippen LogP) is 5.83. The molecule has 1 aromatic rings. The highest BCUT2D eigenvalue weighted by molar-refractivity contribution is 6.74. The first-order chi connectivity index (χ1) is 9.51. The van der Waals surface area contributed by atoms with Crippen molar-refractivity contribution in [1.82, 2.24) is 0 Å². The monoisotopic (exact) mass is 348 g/mol. The number of aliphatic hydroxyl groups excluding tert-OH is 1. The standard InChI is InChI=1S/C16H26Cl2O2Si/c1-7-13(20-21(5,6)16(2,3)4)15(19)14-11(17)9-8-10-12(14)18/h8-10,13,15,19H,7H2,1-6H3/t13-,15+/m1/s1. The van der Waals surface area contributed by atoms with Gasteiger partial charge in [-0.15, -0.1) is 0 Å². The molecule has 1 N–H and O–H groups in total. The van der Waals surface area contributed by atoms with Gasteiger partial charge in [0.15, 0.2) is 8.32 Å². The molecular weight excluding hydrogens is 323 g/mol. The molecule has 0 spiro atoms. The van der Waals surface area contributed by atoms with Gasteiger partial charge in [-0.05, 0) is 36.7 Å². The fraction of sp³-hybridized carbons (Fsp3) is 0.625. The van der Waals surface area contributed by atoms with Crippen LogP contribution >= 0.6 is 23.2 Å². The maximum atomic E-state index is 10.7. The van der Waals surface area contributed by atoms with Crippen LogP contribution in [-0.2, 0) is 4.43 Å². The molecule has 0 aliphatic carbocycles. The van der Waals surface area contributed by atoms with Gasteiger partial charge in [-0.2, -0.15) is 0 Å². The Kier molecular flexibility index (Phi) is 6.34. The maximum absolute atomic E-state index is 10.7. The second kappa shape index (κ2) is 7.01. The van der Waals surface area contributed by atoms with Crippen molar-refractivity contribution in [3.63, 3.8) is 0 Å². The molecule has 0 aromatic heterocycles. The minimum absolute atomic E-state index is 0.0877. The van der Waals surface area contributed by atoms with Crippen LogP contribution < -0.4 is 0 Å². The van der Waals surface area contributed by atoms with E-state index in [2.05, 4.69) is 33.9 Å². The number of aliphatic hydroxyl groups is 1. The molecule has 0 amide bonds. The molecule has 21 heavy (non-hydrogen) atoms. The topological polar surface area (TPSA) is 29.5 Å². The molecule has 1 aromatic carbocycles. The Labute approximate surface area is 139 Å². The fourth-order valence-corrected chi connectivity index (χ4v) is 3.93. The van der Waals surface area contributed by atoms with Crippen LogP contribution in [0.5, 0.6) is 0 Å². The van der Waals surface area contributed by atoms with Crippen LogP contribution in [0.4, 0.5) is 0 Å². The summed E-state index contributed by atoms with van der Waals surface area (Å²) in [5, 5.41) is 11.7. The Hall–Kier alpha value is -0.0631. The first-order valence-corrected chi connectivity index (χ1v) is 11.0. The molecule has 0 unspecified atom stereocenters. The third-order valence-corrected chi connectivity index (χ3v) is 9.47. The van der Waals surface area contributed by atoms with E-state index in [1.807, 2.05) is 6.92 Å². The molecule has 0 fully saturated rings. The highest BCUT2D eigenvalue weighted by Crippen LogP contribution is 2.41. The highest BCUT2D eigenvalue weighted by Gasteiger charge is 2.40. The van der Waals surface area contributed by atoms with Crippen LogP contribution in [-0.4, -0.2) is 19.5 Å². The van der Waals surface area contributed by atoms with Crippen LogP contribution in [0.1, 0.15) is 45.8 Å². The SMILES string of the molecule is CC[C@@H](O[Si](C)(C)C(C)(C)C)[C@H](O)c1c(Cl)cccc1Cl. The van der Waals surface area contributed by atoms with Gasteiger partial charge in [-0.3, -0.25) is 0 Å². The number of hydrogen-bond donors (Lipinski definition) is 1. The zero-order valence-electron chi connectivity index (χ0n) is 13.7. The molecule has 1 rings (SSSR count). The van der Waals surface area contributed by atoms with E-state index in [4.69, 9.17) is 27.6 Å². The van der Waals surface area contributed by atoms with Crippen LogP contribution in [0.2, 0.25) is 28.2 Å². The van der Waals surface area contributed by atoms with Gasteiger partial charge in [0, 0.05) is 15.6 Å². The second-order valence-electron chi connectivity index (χ2n) is 6.91. The minimum Gasteiger partial charge on any atom is -0.411 e. The zero-order valence-corrected chi connectivity index (χ0v) is 16.2. The van der Waals surface area contributed by atoms with Gasteiger partial charge < -0.3 is 9.53 Å². The summed E-state index contributed by atoms with van der Waals surface area (Å²) in [6.07, 6.45) is -0.413. The summed E-state index contributed by atoms with van der Waals surface area (Å²) in [7, 11) is -1.97. The molecule has 0 bridgehead atoms. The van der Waals surface area contributed by atoms with Crippen LogP contribution in [0.25, 0.3) is 0 Å². The normalized spacial score (nSPS) is 15.9. The van der Waals surface area contributed by atoms with E-state index in [0.717, 1.165) is 0 Å². The number of benzene rings is 1. The largest absolute Gasteiger partial charge is 0.411 e. The quantitative estimate of drug-likeness (QED) is 0.678. The van der Waals surface area contributed by atoms with Crippen molar-refractivity contribution < 1.29 is 9.53 Å². The Morgan fingerprint density at radius 1 is 1.19 bits per heavy atom. The van der Waals surface area contributed by atoms with Crippen LogP contribution in [0.3, 0.4) is 0 Å². The molecule has 2 atom stereocenters. The maximum Gasteiger partial charge on any atom is 0.192 e. The molecule has 0 radical (unpaired) electrons. The minimum atomic E-state index is -1.97. The number of halogens is 2. The summed E-state index contributed by atoms with van der Waals surface area (Å²) >= 11 is 12.4. The van der Waals surface area contributed by atoms with Gasteiger partial charge >= 0.3 is 0 Å². The van der Waals surface area contributed by atoms with E-state index < -0.39 is 14.4 Å². The van der Waals surface area contributed by atoms with Gasteiger partial charge in [0.2, 0.25) is 0 Å². The summed E-state index contributed by atoms with van der Waals surface area (Å²) in [6, 6.07) is 5.26. The average Bonchev–Trinajstić information content (AvgIpc) is 2.34. The summed E-state index contributed by atoms with van der Waals surface area (Å²) in [6.45, 7) is 12.9. The van der Waals surface area contributed by atoms with E-state index in [9.17, 15) is 5.11 Å². The molecule has 2 nitrogen and oxygen atoms in total. The molecule has 0 heterocycles. The Bertz CT molecular complexity index is 463. The van der Waals surface area contributed by atoms with Crippen molar-refractivity contribution in [2.45, 2.75) is 64.5 Å². The Balaban J connectivity index is 3.06. The van der Waals surface area contributed by atoms with Crippen molar-refractivity contribution in [1.29, 1.82) is 0 Å². The molecule has 5 heteroatoms. The molecule has 120 valence electrons. The van der Waals surface area contributed by atoms with Gasteiger partial charge in [-0.25, -0.2) is 0 Å². The lowest BCUT2D eigenvalue weighted by Crippen LogP contribution is -2.45. The molecule has 0 aliphatic heterocycles. The van der Waals surface area contributed by atoms with Gasteiger partial charge in [0.1, 0.15) is 6.10 Å². The highest BCUT2D eigenvalue weighted by atomic mass is 35.5. The van der Waals surface area contributed by atoms with Crippen molar-refractivity contribution in [2.24, 2.45) is 0 Å². The Morgan fingerprint density at radius 3 is 2.05 bits per heavy atom. The van der Waals surface area contributed by atoms with Crippen molar-refractivity contribution in [3.8, 4) is 0 Å². The summed E-state index contributed by atoms with van der Waals surface area (Å²) in [5.74, 6) is 0. The third-order valence-electron chi connectivity index (χ3n) is 4.30. The summed E-state index contributed by atoms with van der Waals surface area (Å²) < 4.78 is 6.35.